The zero-order chi connectivity index (χ0) is 12.3. The third kappa shape index (κ3) is 2.99. The fraction of sp³-hybridized carbons (Fsp3) is 0.923. The standard InChI is InChI=1S/C13H24N2O2/c1-14-13(17)10-5-4-8-15(9-10)11-6-2-3-7-12(11)16/h10-12,16H,2-9H2,1H3,(H,14,17)/t10?,11-,12-/m0/s1. The van der Waals surface area contributed by atoms with Gasteiger partial charge >= 0.3 is 0 Å². The Bertz CT molecular complexity index is 270. The molecule has 1 saturated carbocycles. The summed E-state index contributed by atoms with van der Waals surface area (Å²) in [4.78, 5) is 14.0. The predicted octanol–water partition coefficient (Wildman–Crippen LogP) is 0.748. The largest absolute Gasteiger partial charge is 0.391 e. The van der Waals surface area contributed by atoms with Crippen LogP contribution in [-0.2, 0) is 4.79 Å². The predicted molar refractivity (Wildman–Crippen MR) is 66.6 cm³/mol. The molecule has 4 nitrogen and oxygen atoms in total. The number of nitrogens with zero attached hydrogens (tertiary/aromatic N) is 1. The van der Waals surface area contributed by atoms with Crippen LogP contribution in [0.1, 0.15) is 38.5 Å². The highest BCUT2D eigenvalue weighted by Gasteiger charge is 2.33. The monoisotopic (exact) mass is 240 g/mol. The molecule has 2 N–H and O–H groups in total. The van der Waals surface area contributed by atoms with Gasteiger partial charge < -0.3 is 10.4 Å². The number of amides is 1. The van der Waals surface area contributed by atoms with Crippen LogP contribution in [0.4, 0.5) is 0 Å². The van der Waals surface area contributed by atoms with Crippen LogP contribution >= 0.6 is 0 Å². The Kier molecular flexibility index (Phi) is 4.40. The second-order valence-electron chi connectivity index (χ2n) is 5.37. The van der Waals surface area contributed by atoms with E-state index in [0.717, 1.165) is 45.2 Å². The van der Waals surface area contributed by atoms with Gasteiger partial charge in [-0.3, -0.25) is 9.69 Å². The van der Waals surface area contributed by atoms with Gasteiger partial charge in [0, 0.05) is 19.6 Å². The van der Waals surface area contributed by atoms with Crippen LogP contribution < -0.4 is 5.32 Å². The average molecular weight is 240 g/mol. The van der Waals surface area contributed by atoms with Crippen molar-refractivity contribution in [2.75, 3.05) is 20.1 Å². The number of rotatable bonds is 2. The first kappa shape index (κ1) is 12.8. The van der Waals surface area contributed by atoms with Crippen molar-refractivity contribution >= 4 is 5.91 Å². The van der Waals surface area contributed by atoms with Gasteiger partial charge in [-0.05, 0) is 32.2 Å². The van der Waals surface area contributed by atoms with Crippen molar-refractivity contribution in [1.82, 2.24) is 10.2 Å². The lowest BCUT2D eigenvalue weighted by molar-refractivity contribution is -0.127. The summed E-state index contributed by atoms with van der Waals surface area (Å²) in [5, 5.41) is 12.8. The molecule has 3 atom stereocenters. The Morgan fingerprint density at radius 3 is 2.71 bits per heavy atom. The molecule has 17 heavy (non-hydrogen) atoms. The fourth-order valence-corrected chi connectivity index (χ4v) is 3.24. The molecule has 0 aromatic rings. The van der Waals surface area contributed by atoms with Gasteiger partial charge in [-0.15, -0.1) is 0 Å². The number of aliphatic hydroxyl groups excluding tert-OH is 1. The normalized spacial score (nSPS) is 35.5. The van der Waals surface area contributed by atoms with Crippen LogP contribution in [0.5, 0.6) is 0 Å². The van der Waals surface area contributed by atoms with Gasteiger partial charge in [0.05, 0.1) is 12.0 Å². The van der Waals surface area contributed by atoms with Crippen molar-refractivity contribution in [3.05, 3.63) is 0 Å². The lowest BCUT2D eigenvalue weighted by atomic mass is 9.88. The van der Waals surface area contributed by atoms with Gasteiger partial charge in [0.2, 0.25) is 5.91 Å². The molecule has 1 heterocycles. The minimum absolute atomic E-state index is 0.114. The Labute approximate surface area is 103 Å². The first-order valence-corrected chi connectivity index (χ1v) is 6.86. The van der Waals surface area contributed by atoms with E-state index >= 15 is 0 Å². The smallest absolute Gasteiger partial charge is 0.224 e. The maximum Gasteiger partial charge on any atom is 0.224 e. The summed E-state index contributed by atoms with van der Waals surface area (Å²) in [6.45, 7) is 1.86. The molecule has 0 spiro atoms. The van der Waals surface area contributed by atoms with Gasteiger partial charge in [0.1, 0.15) is 0 Å². The van der Waals surface area contributed by atoms with Crippen molar-refractivity contribution in [3.8, 4) is 0 Å². The Balaban J connectivity index is 1.94. The summed E-state index contributed by atoms with van der Waals surface area (Å²) in [6.07, 6.45) is 6.23. The van der Waals surface area contributed by atoms with Crippen molar-refractivity contribution in [1.29, 1.82) is 0 Å². The van der Waals surface area contributed by atoms with Crippen LogP contribution in [0.25, 0.3) is 0 Å². The molecular weight excluding hydrogens is 216 g/mol. The molecule has 1 aliphatic carbocycles. The molecule has 98 valence electrons. The van der Waals surface area contributed by atoms with Crippen LogP contribution in [0.15, 0.2) is 0 Å². The summed E-state index contributed by atoms with van der Waals surface area (Å²) >= 11 is 0. The molecule has 0 radical (unpaired) electrons. The first-order chi connectivity index (χ1) is 8.22. The molecule has 1 amide bonds. The lowest BCUT2D eigenvalue weighted by Crippen LogP contribution is -2.51. The van der Waals surface area contributed by atoms with Gasteiger partial charge in [0.15, 0.2) is 0 Å². The van der Waals surface area contributed by atoms with Gasteiger partial charge in [-0.1, -0.05) is 12.8 Å². The first-order valence-electron chi connectivity index (χ1n) is 6.86. The molecule has 2 rings (SSSR count). The lowest BCUT2D eigenvalue weighted by Gasteiger charge is -2.41. The number of likely N-dealkylation sites (tertiary alicyclic amines) is 1. The summed E-state index contributed by atoms with van der Waals surface area (Å²) in [6, 6.07) is 0.288. The number of hydrogen-bond acceptors (Lipinski definition) is 3. The number of nitrogens with one attached hydrogen (secondary N) is 1. The SMILES string of the molecule is CNC(=O)C1CCCN([C@H]2CCCC[C@@H]2O)C1. The fourth-order valence-electron chi connectivity index (χ4n) is 3.24. The summed E-state index contributed by atoms with van der Waals surface area (Å²) in [5.41, 5.74) is 0. The van der Waals surface area contributed by atoms with E-state index in [0.29, 0.717) is 0 Å². The van der Waals surface area contributed by atoms with Crippen LogP contribution in [0.3, 0.4) is 0 Å². The highest BCUT2D eigenvalue weighted by Crippen LogP contribution is 2.27. The van der Waals surface area contributed by atoms with E-state index < -0.39 is 0 Å². The van der Waals surface area contributed by atoms with E-state index in [1.165, 1.54) is 6.42 Å². The third-order valence-corrected chi connectivity index (χ3v) is 4.23. The van der Waals surface area contributed by atoms with Crippen LogP contribution in [-0.4, -0.2) is 48.2 Å². The van der Waals surface area contributed by atoms with E-state index in [2.05, 4.69) is 10.2 Å². The maximum absolute atomic E-state index is 11.7. The van der Waals surface area contributed by atoms with E-state index in [4.69, 9.17) is 0 Å². The number of aliphatic hydroxyl groups is 1. The number of carbonyl (C=O) groups excluding carboxylic acids is 1. The Hall–Kier alpha value is -0.610. The summed E-state index contributed by atoms with van der Waals surface area (Å²) in [7, 11) is 1.71. The minimum Gasteiger partial charge on any atom is -0.391 e. The molecule has 1 saturated heterocycles. The third-order valence-electron chi connectivity index (χ3n) is 4.23. The van der Waals surface area contributed by atoms with E-state index in [1.807, 2.05) is 0 Å². The second kappa shape index (κ2) is 5.83. The Morgan fingerprint density at radius 1 is 1.24 bits per heavy atom. The molecule has 1 aliphatic heterocycles. The van der Waals surface area contributed by atoms with E-state index in [-0.39, 0.29) is 24.0 Å². The molecule has 0 aromatic heterocycles. The molecule has 1 unspecified atom stereocenters. The number of carbonyl (C=O) groups is 1. The zero-order valence-electron chi connectivity index (χ0n) is 10.7. The van der Waals surface area contributed by atoms with Crippen molar-refractivity contribution in [3.63, 3.8) is 0 Å². The Morgan fingerprint density at radius 2 is 2.00 bits per heavy atom. The maximum atomic E-state index is 11.7. The molecule has 4 heteroatoms. The molecule has 0 bridgehead atoms. The van der Waals surface area contributed by atoms with Gasteiger partial charge in [-0.25, -0.2) is 0 Å². The van der Waals surface area contributed by atoms with E-state index in [9.17, 15) is 9.90 Å². The van der Waals surface area contributed by atoms with Crippen molar-refractivity contribution < 1.29 is 9.90 Å². The molecule has 2 aliphatic rings. The van der Waals surface area contributed by atoms with Gasteiger partial charge in [-0.2, -0.15) is 0 Å². The molecule has 2 fully saturated rings. The number of hydrogen-bond donors (Lipinski definition) is 2. The topological polar surface area (TPSA) is 52.6 Å². The number of piperidine rings is 1. The highest BCUT2D eigenvalue weighted by molar-refractivity contribution is 5.78. The quantitative estimate of drug-likeness (QED) is 0.749. The van der Waals surface area contributed by atoms with Gasteiger partial charge in [0.25, 0.3) is 0 Å². The molecule has 0 aromatic carbocycles. The van der Waals surface area contributed by atoms with E-state index in [1.54, 1.807) is 7.05 Å². The zero-order valence-corrected chi connectivity index (χ0v) is 10.7. The van der Waals surface area contributed by atoms with Crippen LogP contribution in [0.2, 0.25) is 0 Å². The highest BCUT2D eigenvalue weighted by atomic mass is 16.3. The minimum atomic E-state index is -0.188. The van der Waals surface area contributed by atoms with Crippen molar-refractivity contribution in [2.24, 2.45) is 5.92 Å². The van der Waals surface area contributed by atoms with Crippen molar-refractivity contribution in [2.45, 2.75) is 50.7 Å². The summed E-state index contributed by atoms with van der Waals surface area (Å²) < 4.78 is 0. The van der Waals surface area contributed by atoms with Crippen LogP contribution in [0, 0.1) is 5.92 Å². The second-order valence-corrected chi connectivity index (χ2v) is 5.37. The summed E-state index contributed by atoms with van der Waals surface area (Å²) in [5.74, 6) is 0.267. The molecular formula is C13H24N2O2. The average Bonchev–Trinajstić information content (AvgIpc) is 2.38.